The standard InChI is InChI=1S/C22H25FN2O2/c1-2-9-25-12-17(21(13-25)15-3-6-18(23)7-4-15)14-27-19-8-5-16-11-24-22(26)20(16)10-19/h3-8,10,17,21H,2,9,11-14H2,1H3,(H,24,26)/t17-,21+/m1/s1. The second kappa shape index (κ2) is 7.69. The smallest absolute Gasteiger partial charge is 0.252 e. The van der Waals surface area contributed by atoms with Gasteiger partial charge >= 0.3 is 0 Å². The lowest BCUT2D eigenvalue weighted by atomic mass is 9.89. The van der Waals surface area contributed by atoms with Gasteiger partial charge in [-0.1, -0.05) is 25.1 Å². The van der Waals surface area contributed by atoms with Crippen molar-refractivity contribution in [3.63, 3.8) is 0 Å². The largest absolute Gasteiger partial charge is 0.493 e. The molecule has 4 rings (SSSR count). The maximum absolute atomic E-state index is 13.3. The highest BCUT2D eigenvalue weighted by Crippen LogP contribution is 2.33. The van der Waals surface area contributed by atoms with E-state index in [2.05, 4.69) is 17.1 Å². The normalized spacial score (nSPS) is 21.9. The average Bonchev–Trinajstić information content (AvgIpc) is 3.25. The van der Waals surface area contributed by atoms with E-state index in [1.54, 1.807) is 0 Å². The number of fused-ring (bicyclic) bond motifs is 1. The number of hydrogen-bond acceptors (Lipinski definition) is 3. The van der Waals surface area contributed by atoms with Crippen LogP contribution in [0.15, 0.2) is 42.5 Å². The van der Waals surface area contributed by atoms with Crippen LogP contribution in [0.25, 0.3) is 0 Å². The van der Waals surface area contributed by atoms with Crippen LogP contribution < -0.4 is 10.1 Å². The molecule has 2 aromatic carbocycles. The molecule has 142 valence electrons. The summed E-state index contributed by atoms with van der Waals surface area (Å²) < 4.78 is 19.4. The van der Waals surface area contributed by atoms with Crippen molar-refractivity contribution in [2.24, 2.45) is 5.92 Å². The molecule has 1 N–H and O–H groups in total. The molecule has 5 heteroatoms. The maximum Gasteiger partial charge on any atom is 0.252 e. The van der Waals surface area contributed by atoms with Gasteiger partial charge in [-0.05, 0) is 48.4 Å². The van der Waals surface area contributed by atoms with E-state index >= 15 is 0 Å². The molecule has 0 unspecified atom stereocenters. The van der Waals surface area contributed by atoms with Gasteiger partial charge in [-0.3, -0.25) is 4.79 Å². The molecule has 2 atom stereocenters. The predicted molar refractivity (Wildman–Crippen MR) is 102 cm³/mol. The van der Waals surface area contributed by atoms with Gasteiger partial charge in [-0.15, -0.1) is 0 Å². The number of nitrogens with zero attached hydrogens (tertiary/aromatic N) is 1. The van der Waals surface area contributed by atoms with Crippen molar-refractivity contribution < 1.29 is 13.9 Å². The molecule has 2 aliphatic heterocycles. The average molecular weight is 368 g/mol. The summed E-state index contributed by atoms with van der Waals surface area (Å²) in [6.07, 6.45) is 1.11. The summed E-state index contributed by atoms with van der Waals surface area (Å²) in [5, 5.41) is 2.83. The first-order chi connectivity index (χ1) is 13.1. The molecule has 0 saturated carbocycles. The van der Waals surface area contributed by atoms with E-state index in [9.17, 15) is 9.18 Å². The Hall–Kier alpha value is -2.40. The molecule has 0 radical (unpaired) electrons. The van der Waals surface area contributed by atoms with Gasteiger partial charge in [0.25, 0.3) is 5.91 Å². The molecule has 2 aromatic rings. The first-order valence-corrected chi connectivity index (χ1v) is 9.65. The van der Waals surface area contributed by atoms with E-state index in [1.165, 1.54) is 12.1 Å². The zero-order valence-corrected chi connectivity index (χ0v) is 15.6. The van der Waals surface area contributed by atoms with E-state index < -0.39 is 0 Å². The number of benzene rings is 2. The number of rotatable bonds is 6. The first-order valence-electron chi connectivity index (χ1n) is 9.65. The molecule has 0 aliphatic carbocycles. The lowest BCUT2D eigenvalue weighted by Gasteiger charge is -2.19. The molecule has 0 aromatic heterocycles. The minimum Gasteiger partial charge on any atom is -0.493 e. The number of amides is 1. The molecule has 27 heavy (non-hydrogen) atoms. The Bertz CT molecular complexity index is 822. The van der Waals surface area contributed by atoms with Crippen LogP contribution in [0.5, 0.6) is 5.75 Å². The summed E-state index contributed by atoms with van der Waals surface area (Å²) in [5.41, 5.74) is 2.89. The molecule has 1 fully saturated rings. The highest BCUT2D eigenvalue weighted by Gasteiger charge is 2.34. The van der Waals surface area contributed by atoms with Crippen molar-refractivity contribution in [2.45, 2.75) is 25.8 Å². The summed E-state index contributed by atoms with van der Waals surface area (Å²) in [4.78, 5) is 14.3. The predicted octanol–water partition coefficient (Wildman–Crippen LogP) is 3.57. The zero-order chi connectivity index (χ0) is 18.8. The fraction of sp³-hybridized carbons (Fsp3) is 0.409. The summed E-state index contributed by atoms with van der Waals surface area (Å²) in [7, 11) is 0. The Morgan fingerprint density at radius 3 is 2.78 bits per heavy atom. The molecule has 0 spiro atoms. The number of carbonyl (C=O) groups is 1. The quantitative estimate of drug-likeness (QED) is 0.847. The van der Waals surface area contributed by atoms with Crippen LogP contribution in [0.2, 0.25) is 0 Å². The summed E-state index contributed by atoms with van der Waals surface area (Å²) in [6.45, 7) is 6.37. The third-order valence-electron chi connectivity index (χ3n) is 5.58. The van der Waals surface area contributed by atoms with Crippen LogP contribution in [0.3, 0.4) is 0 Å². The lowest BCUT2D eigenvalue weighted by molar-refractivity contribution is 0.0965. The molecule has 0 bridgehead atoms. The third kappa shape index (κ3) is 3.83. The van der Waals surface area contributed by atoms with Crippen LogP contribution in [0.4, 0.5) is 4.39 Å². The van der Waals surface area contributed by atoms with Gasteiger partial charge in [-0.25, -0.2) is 4.39 Å². The van der Waals surface area contributed by atoms with E-state index in [4.69, 9.17) is 4.74 Å². The maximum atomic E-state index is 13.3. The van der Waals surface area contributed by atoms with Gasteiger partial charge in [-0.2, -0.15) is 0 Å². The molecule has 2 aliphatic rings. The molecule has 1 saturated heterocycles. The van der Waals surface area contributed by atoms with Crippen LogP contribution >= 0.6 is 0 Å². The monoisotopic (exact) mass is 368 g/mol. The highest BCUT2D eigenvalue weighted by atomic mass is 19.1. The minimum absolute atomic E-state index is 0.0328. The summed E-state index contributed by atoms with van der Waals surface area (Å²) in [5.74, 6) is 1.16. The number of hydrogen-bond donors (Lipinski definition) is 1. The number of carbonyl (C=O) groups excluding carboxylic acids is 1. The van der Waals surface area contributed by atoms with Crippen LogP contribution in [0.1, 0.15) is 40.7 Å². The lowest BCUT2D eigenvalue weighted by Crippen LogP contribution is -2.23. The van der Waals surface area contributed by atoms with E-state index in [0.29, 0.717) is 30.6 Å². The van der Waals surface area contributed by atoms with Gasteiger partial charge in [0, 0.05) is 37.0 Å². The first kappa shape index (κ1) is 18.0. The Labute approximate surface area is 159 Å². The van der Waals surface area contributed by atoms with Gasteiger partial charge in [0.1, 0.15) is 11.6 Å². The SMILES string of the molecule is CCCN1C[C@H](COc2ccc3c(c2)C(=O)NC3)[C@H](c2ccc(F)cc2)C1. The molecule has 2 heterocycles. The van der Waals surface area contributed by atoms with E-state index in [0.717, 1.165) is 42.9 Å². The summed E-state index contributed by atoms with van der Waals surface area (Å²) in [6, 6.07) is 12.6. The highest BCUT2D eigenvalue weighted by molar-refractivity contribution is 5.98. The third-order valence-corrected chi connectivity index (χ3v) is 5.58. The Kier molecular flexibility index (Phi) is 5.12. The van der Waals surface area contributed by atoms with Gasteiger partial charge < -0.3 is 15.0 Å². The van der Waals surface area contributed by atoms with Crippen molar-refractivity contribution in [3.8, 4) is 5.75 Å². The topological polar surface area (TPSA) is 41.6 Å². The summed E-state index contributed by atoms with van der Waals surface area (Å²) >= 11 is 0. The zero-order valence-electron chi connectivity index (χ0n) is 15.6. The van der Waals surface area contributed by atoms with Gasteiger partial charge in [0.05, 0.1) is 6.61 Å². The van der Waals surface area contributed by atoms with Crippen molar-refractivity contribution >= 4 is 5.91 Å². The Morgan fingerprint density at radius 2 is 2.00 bits per heavy atom. The fourth-order valence-corrected chi connectivity index (χ4v) is 4.20. The van der Waals surface area contributed by atoms with Gasteiger partial charge in [0.15, 0.2) is 0 Å². The number of likely N-dealkylation sites (tertiary alicyclic amines) is 1. The van der Waals surface area contributed by atoms with Crippen LogP contribution in [-0.4, -0.2) is 37.0 Å². The fourth-order valence-electron chi connectivity index (χ4n) is 4.20. The molecular weight excluding hydrogens is 343 g/mol. The van der Waals surface area contributed by atoms with Gasteiger partial charge in [0.2, 0.25) is 0 Å². The second-order valence-corrected chi connectivity index (χ2v) is 7.49. The van der Waals surface area contributed by atoms with Crippen molar-refractivity contribution in [1.82, 2.24) is 10.2 Å². The number of halogens is 1. The molecule has 1 amide bonds. The van der Waals surface area contributed by atoms with Crippen molar-refractivity contribution in [2.75, 3.05) is 26.2 Å². The number of ether oxygens (including phenoxy) is 1. The van der Waals surface area contributed by atoms with Crippen molar-refractivity contribution in [3.05, 3.63) is 65.0 Å². The van der Waals surface area contributed by atoms with Crippen molar-refractivity contribution in [1.29, 1.82) is 0 Å². The molecular formula is C22H25FN2O2. The second-order valence-electron chi connectivity index (χ2n) is 7.49. The Morgan fingerprint density at radius 1 is 1.19 bits per heavy atom. The van der Waals surface area contributed by atoms with E-state index in [-0.39, 0.29) is 11.7 Å². The van der Waals surface area contributed by atoms with Crippen LogP contribution in [-0.2, 0) is 6.54 Å². The molecule has 4 nitrogen and oxygen atoms in total. The van der Waals surface area contributed by atoms with Crippen LogP contribution in [0, 0.1) is 11.7 Å². The minimum atomic E-state index is -0.202. The number of nitrogens with one attached hydrogen (secondary N) is 1. The Balaban J connectivity index is 1.47. The van der Waals surface area contributed by atoms with E-state index in [1.807, 2.05) is 30.3 Å².